The van der Waals surface area contributed by atoms with E-state index < -0.39 is 18.0 Å². The Balaban J connectivity index is 1.90. The molecule has 0 unspecified atom stereocenters. The van der Waals surface area contributed by atoms with Crippen LogP contribution in [0.3, 0.4) is 0 Å². The first-order chi connectivity index (χ1) is 12.5. The molecule has 0 bridgehead atoms. The van der Waals surface area contributed by atoms with Gasteiger partial charge in [0, 0.05) is 35.0 Å². The van der Waals surface area contributed by atoms with Gasteiger partial charge in [0.15, 0.2) is 0 Å². The summed E-state index contributed by atoms with van der Waals surface area (Å²) in [6.45, 7) is 1.98. The van der Waals surface area contributed by atoms with Crippen molar-refractivity contribution in [1.29, 1.82) is 0 Å². The summed E-state index contributed by atoms with van der Waals surface area (Å²) in [6.07, 6.45) is -0.476. The summed E-state index contributed by atoms with van der Waals surface area (Å²) in [4.78, 5) is 22.9. The Morgan fingerprint density at radius 1 is 1.19 bits per heavy atom. The highest BCUT2D eigenvalue weighted by atomic mass is 16.5. The lowest BCUT2D eigenvalue weighted by Gasteiger charge is -2.12. The summed E-state index contributed by atoms with van der Waals surface area (Å²) in [6, 6.07) is 12.6. The molecule has 0 fully saturated rings. The zero-order chi connectivity index (χ0) is 18.7. The molecule has 2 aromatic carbocycles. The Morgan fingerprint density at radius 2 is 1.96 bits per heavy atom. The molecular formula is C20H17O6-. The van der Waals surface area contributed by atoms with E-state index in [2.05, 4.69) is 0 Å². The third-order valence-corrected chi connectivity index (χ3v) is 4.17. The lowest BCUT2D eigenvalue weighted by molar-refractivity contribution is -0.304. The van der Waals surface area contributed by atoms with E-state index in [0.717, 1.165) is 11.3 Å². The molecule has 0 radical (unpaired) electrons. The molecule has 3 aromatic rings. The number of para-hydroxylation sites is 1. The van der Waals surface area contributed by atoms with Crippen LogP contribution in [0, 0.1) is 6.92 Å². The second-order valence-electron chi connectivity index (χ2n) is 5.80. The van der Waals surface area contributed by atoms with Crippen molar-refractivity contribution in [3.05, 3.63) is 69.6 Å². The molecule has 134 valence electrons. The number of carboxylic acids is 1. The maximum absolute atomic E-state index is 12.0. The monoisotopic (exact) mass is 353 g/mol. The van der Waals surface area contributed by atoms with Crippen LogP contribution in [0.25, 0.3) is 11.0 Å². The number of aryl methyl sites for hydroxylation is 1. The van der Waals surface area contributed by atoms with Crippen molar-refractivity contribution in [1.82, 2.24) is 0 Å². The topological polar surface area (TPSA) is 88.8 Å². The largest absolute Gasteiger partial charge is 0.550 e. The number of benzene rings is 2. The van der Waals surface area contributed by atoms with Crippen LogP contribution < -0.4 is 20.2 Å². The number of carboxylic acid groups (broad SMARTS) is 1. The molecule has 0 N–H and O–H groups in total. The molecule has 26 heavy (non-hydrogen) atoms. The summed E-state index contributed by atoms with van der Waals surface area (Å²) in [5.74, 6) is -0.0716. The Bertz CT molecular complexity index is 1020. The number of rotatable bonds is 6. The van der Waals surface area contributed by atoms with Gasteiger partial charge in [0.1, 0.15) is 23.7 Å². The predicted molar refractivity (Wildman–Crippen MR) is 93.3 cm³/mol. The molecule has 1 aromatic heterocycles. The van der Waals surface area contributed by atoms with Gasteiger partial charge in [0.25, 0.3) is 0 Å². The molecule has 6 heteroatoms. The Morgan fingerprint density at radius 3 is 2.69 bits per heavy atom. The van der Waals surface area contributed by atoms with Gasteiger partial charge in [-0.25, -0.2) is 4.79 Å². The van der Waals surface area contributed by atoms with Crippen LogP contribution in [0.2, 0.25) is 0 Å². The molecule has 0 spiro atoms. The first kappa shape index (κ1) is 17.5. The summed E-state index contributed by atoms with van der Waals surface area (Å²) in [5.41, 5.74) is 1.21. The lowest BCUT2D eigenvalue weighted by atomic mass is 10.0. The van der Waals surface area contributed by atoms with Gasteiger partial charge in [-0.15, -0.1) is 0 Å². The van der Waals surface area contributed by atoms with Gasteiger partial charge in [-0.05, 0) is 30.7 Å². The normalized spacial score (nSPS) is 10.7. The highest BCUT2D eigenvalue weighted by molar-refractivity contribution is 5.83. The Labute approximate surface area is 149 Å². The van der Waals surface area contributed by atoms with E-state index in [4.69, 9.17) is 13.9 Å². The standard InChI is InChI=1S/C20H18O6/c1-12-15-8-7-14(25-11-13-5-3-4-6-17(13)24-2)9-18(15)26-20(23)16(12)10-19(21)22/h3-9H,10-11H2,1-2H3,(H,21,22)/p-1. The number of ether oxygens (including phenoxy) is 2. The van der Waals surface area contributed by atoms with Gasteiger partial charge in [-0.1, -0.05) is 18.2 Å². The van der Waals surface area contributed by atoms with Crippen molar-refractivity contribution in [2.75, 3.05) is 7.11 Å². The second-order valence-corrected chi connectivity index (χ2v) is 5.80. The average Bonchev–Trinajstić information content (AvgIpc) is 2.63. The van der Waals surface area contributed by atoms with E-state index in [1.165, 1.54) is 0 Å². The number of methoxy groups -OCH3 is 1. The fourth-order valence-corrected chi connectivity index (χ4v) is 2.80. The quantitative estimate of drug-likeness (QED) is 0.630. The minimum absolute atomic E-state index is 0.0974. The number of carbonyl (C=O) groups is 1. The highest BCUT2D eigenvalue weighted by Crippen LogP contribution is 2.26. The second kappa shape index (κ2) is 7.31. The van der Waals surface area contributed by atoms with Crippen molar-refractivity contribution < 1.29 is 23.8 Å². The average molecular weight is 353 g/mol. The zero-order valence-electron chi connectivity index (χ0n) is 14.4. The molecule has 1 heterocycles. The fourth-order valence-electron chi connectivity index (χ4n) is 2.80. The van der Waals surface area contributed by atoms with Crippen LogP contribution in [-0.2, 0) is 17.8 Å². The van der Waals surface area contributed by atoms with Crippen molar-refractivity contribution in [2.24, 2.45) is 0 Å². The predicted octanol–water partition coefficient (Wildman–Crippen LogP) is 1.98. The fraction of sp³-hybridized carbons (Fsp3) is 0.200. The third kappa shape index (κ3) is 3.54. The maximum Gasteiger partial charge on any atom is 0.340 e. The van der Waals surface area contributed by atoms with E-state index in [-0.39, 0.29) is 5.56 Å². The van der Waals surface area contributed by atoms with E-state index >= 15 is 0 Å². The van der Waals surface area contributed by atoms with Crippen LogP contribution >= 0.6 is 0 Å². The number of carbonyl (C=O) groups excluding carboxylic acids is 1. The number of hydrogen-bond donors (Lipinski definition) is 0. The summed E-state index contributed by atoms with van der Waals surface area (Å²) >= 11 is 0. The van der Waals surface area contributed by atoms with Crippen LogP contribution in [0.5, 0.6) is 11.5 Å². The minimum atomic E-state index is -1.32. The maximum atomic E-state index is 12.0. The third-order valence-electron chi connectivity index (χ3n) is 4.17. The molecule has 0 aliphatic carbocycles. The first-order valence-corrected chi connectivity index (χ1v) is 8.00. The van der Waals surface area contributed by atoms with Crippen LogP contribution in [-0.4, -0.2) is 13.1 Å². The molecule has 0 saturated carbocycles. The van der Waals surface area contributed by atoms with Gasteiger partial charge >= 0.3 is 5.63 Å². The van der Waals surface area contributed by atoms with Crippen molar-refractivity contribution in [2.45, 2.75) is 20.0 Å². The van der Waals surface area contributed by atoms with Crippen molar-refractivity contribution >= 4 is 16.9 Å². The van der Waals surface area contributed by atoms with Gasteiger partial charge < -0.3 is 23.8 Å². The summed E-state index contributed by atoms with van der Waals surface area (Å²) < 4.78 is 16.3. The van der Waals surface area contributed by atoms with Crippen LogP contribution in [0.4, 0.5) is 0 Å². The molecule has 6 nitrogen and oxygen atoms in total. The molecule has 0 amide bonds. The number of hydrogen-bond acceptors (Lipinski definition) is 6. The van der Waals surface area contributed by atoms with Gasteiger partial charge in [-0.3, -0.25) is 0 Å². The minimum Gasteiger partial charge on any atom is -0.550 e. The zero-order valence-corrected chi connectivity index (χ0v) is 14.4. The molecule has 0 saturated heterocycles. The van der Waals surface area contributed by atoms with Crippen molar-refractivity contribution in [3.8, 4) is 11.5 Å². The Kier molecular flexibility index (Phi) is 4.93. The summed E-state index contributed by atoms with van der Waals surface area (Å²) in [7, 11) is 1.59. The Hall–Kier alpha value is -3.28. The highest BCUT2D eigenvalue weighted by Gasteiger charge is 2.12. The molecule has 3 rings (SSSR count). The smallest absolute Gasteiger partial charge is 0.340 e. The van der Waals surface area contributed by atoms with Crippen molar-refractivity contribution in [3.63, 3.8) is 0 Å². The first-order valence-electron chi connectivity index (χ1n) is 8.00. The van der Waals surface area contributed by atoms with Crippen LogP contribution in [0.1, 0.15) is 16.7 Å². The molecule has 0 aliphatic rings. The molecular weight excluding hydrogens is 336 g/mol. The van der Waals surface area contributed by atoms with Gasteiger partial charge in [-0.2, -0.15) is 0 Å². The molecule has 0 atom stereocenters. The molecule has 0 aliphatic heterocycles. The van der Waals surface area contributed by atoms with E-state index in [1.807, 2.05) is 24.3 Å². The van der Waals surface area contributed by atoms with Gasteiger partial charge in [0.05, 0.1) is 7.11 Å². The van der Waals surface area contributed by atoms with E-state index in [9.17, 15) is 14.7 Å². The van der Waals surface area contributed by atoms with Crippen LogP contribution in [0.15, 0.2) is 51.7 Å². The van der Waals surface area contributed by atoms with E-state index in [0.29, 0.717) is 28.9 Å². The number of aliphatic carboxylic acids is 1. The SMILES string of the molecule is COc1ccccc1COc1ccc2c(C)c(CC(=O)[O-])c(=O)oc2c1. The lowest BCUT2D eigenvalue weighted by Crippen LogP contribution is -2.27. The van der Waals surface area contributed by atoms with E-state index in [1.54, 1.807) is 32.2 Å². The van der Waals surface area contributed by atoms with Gasteiger partial charge in [0.2, 0.25) is 0 Å². The number of fused-ring (bicyclic) bond motifs is 1. The summed E-state index contributed by atoms with van der Waals surface area (Å²) in [5, 5.41) is 11.5.